The molecule has 0 atom stereocenters. The van der Waals surface area contributed by atoms with Crippen molar-refractivity contribution < 1.29 is 9.53 Å². The van der Waals surface area contributed by atoms with Crippen LogP contribution in [0.1, 0.15) is 41.8 Å². The normalized spacial score (nSPS) is 10.6. The highest BCUT2D eigenvalue weighted by atomic mass is 16.5. The first-order chi connectivity index (χ1) is 7.50. The van der Waals surface area contributed by atoms with Crippen molar-refractivity contribution >= 4 is 5.97 Å². The first kappa shape index (κ1) is 12.8. The summed E-state index contributed by atoms with van der Waals surface area (Å²) in [4.78, 5) is 11.7. The molecule has 0 radical (unpaired) electrons. The van der Waals surface area contributed by atoms with E-state index in [1.54, 1.807) is 0 Å². The number of hydrogen-bond acceptors (Lipinski definition) is 2. The maximum atomic E-state index is 11.7. The number of rotatable bonds is 4. The van der Waals surface area contributed by atoms with Crippen molar-refractivity contribution in [3.63, 3.8) is 0 Å². The number of carbonyl (C=O) groups excluding carboxylic acids is 1. The van der Waals surface area contributed by atoms with E-state index < -0.39 is 0 Å². The van der Waals surface area contributed by atoms with Crippen LogP contribution in [0.5, 0.6) is 0 Å². The smallest absolute Gasteiger partial charge is 0.338 e. The molecule has 1 rings (SSSR count). The lowest BCUT2D eigenvalue weighted by atomic mass is 10.1. The van der Waals surface area contributed by atoms with Crippen molar-refractivity contribution in [2.45, 2.75) is 34.1 Å². The first-order valence-corrected chi connectivity index (χ1v) is 5.75. The molecule has 16 heavy (non-hydrogen) atoms. The van der Waals surface area contributed by atoms with Gasteiger partial charge in [0.15, 0.2) is 0 Å². The van der Waals surface area contributed by atoms with Gasteiger partial charge in [0.25, 0.3) is 0 Å². The van der Waals surface area contributed by atoms with Gasteiger partial charge < -0.3 is 4.74 Å². The van der Waals surface area contributed by atoms with E-state index in [1.807, 2.05) is 32.0 Å². The molecule has 0 aliphatic rings. The lowest BCUT2D eigenvalue weighted by Gasteiger charge is -2.08. The summed E-state index contributed by atoms with van der Waals surface area (Å²) in [5.41, 5.74) is 2.82. The van der Waals surface area contributed by atoms with Crippen LogP contribution in [-0.2, 0) is 4.74 Å². The third-order valence-electron chi connectivity index (χ3n) is 2.53. The van der Waals surface area contributed by atoms with Gasteiger partial charge in [0.1, 0.15) is 0 Å². The zero-order chi connectivity index (χ0) is 12.1. The molecule has 0 aliphatic carbocycles. The Morgan fingerprint density at radius 2 is 2.00 bits per heavy atom. The molecule has 2 nitrogen and oxygen atoms in total. The monoisotopic (exact) mass is 220 g/mol. The lowest BCUT2D eigenvalue weighted by molar-refractivity contribution is 0.0487. The van der Waals surface area contributed by atoms with Crippen LogP contribution in [0.15, 0.2) is 18.2 Å². The van der Waals surface area contributed by atoms with Gasteiger partial charge in [-0.15, -0.1) is 0 Å². The predicted octanol–water partition coefficient (Wildman–Crippen LogP) is 3.51. The molecule has 88 valence electrons. The second-order valence-corrected chi connectivity index (χ2v) is 4.64. The second-order valence-electron chi connectivity index (χ2n) is 4.64. The third-order valence-corrected chi connectivity index (χ3v) is 2.53. The molecule has 0 aromatic heterocycles. The van der Waals surface area contributed by atoms with Gasteiger partial charge in [-0.05, 0) is 37.8 Å². The van der Waals surface area contributed by atoms with Gasteiger partial charge in [-0.3, -0.25) is 0 Å². The largest absolute Gasteiger partial charge is 0.462 e. The fourth-order valence-corrected chi connectivity index (χ4v) is 1.51. The van der Waals surface area contributed by atoms with Gasteiger partial charge in [-0.25, -0.2) is 4.79 Å². The quantitative estimate of drug-likeness (QED) is 0.726. The van der Waals surface area contributed by atoms with Crippen molar-refractivity contribution in [3.05, 3.63) is 34.9 Å². The highest BCUT2D eigenvalue weighted by Crippen LogP contribution is 2.12. The Bertz CT molecular complexity index is 367. The Morgan fingerprint density at radius 1 is 1.31 bits per heavy atom. The van der Waals surface area contributed by atoms with Gasteiger partial charge in [0, 0.05) is 0 Å². The molecule has 0 fully saturated rings. The number of ether oxygens (including phenoxy) is 1. The van der Waals surface area contributed by atoms with Gasteiger partial charge >= 0.3 is 5.97 Å². The number of aryl methyl sites for hydroxylation is 2. The SMILES string of the molecule is Cc1ccc(C(=O)OCCC(C)C)c(C)c1. The minimum absolute atomic E-state index is 0.210. The molecular formula is C14H20O2. The molecule has 0 amide bonds. The fourth-order valence-electron chi connectivity index (χ4n) is 1.51. The Kier molecular flexibility index (Phi) is 4.53. The lowest BCUT2D eigenvalue weighted by Crippen LogP contribution is -2.09. The number of hydrogen-bond donors (Lipinski definition) is 0. The van der Waals surface area contributed by atoms with Crippen molar-refractivity contribution in [2.75, 3.05) is 6.61 Å². The van der Waals surface area contributed by atoms with Crippen LogP contribution in [-0.4, -0.2) is 12.6 Å². The Hall–Kier alpha value is -1.31. The molecule has 1 aromatic rings. The maximum Gasteiger partial charge on any atom is 0.338 e. The van der Waals surface area contributed by atoms with Crippen LogP contribution in [0.3, 0.4) is 0 Å². The topological polar surface area (TPSA) is 26.3 Å². The summed E-state index contributed by atoms with van der Waals surface area (Å²) in [5, 5.41) is 0. The minimum atomic E-state index is -0.210. The van der Waals surface area contributed by atoms with Crippen LogP contribution in [0.25, 0.3) is 0 Å². The van der Waals surface area contributed by atoms with Crippen LogP contribution >= 0.6 is 0 Å². The molecule has 0 saturated heterocycles. The van der Waals surface area contributed by atoms with E-state index in [4.69, 9.17) is 4.74 Å². The summed E-state index contributed by atoms with van der Waals surface area (Å²) in [7, 11) is 0. The van der Waals surface area contributed by atoms with Gasteiger partial charge in [0.05, 0.1) is 12.2 Å². The summed E-state index contributed by atoms with van der Waals surface area (Å²) >= 11 is 0. The molecule has 2 heteroatoms. The zero-order valence-corrected chi connectivity index (χ0v) is 10.5. The van der Waals surface area contributed by atoms with E-state index in [0.717, 1.165) is 17.5 Å². The van der Waals surface area contributed by atoms with E-state index in [-0.39, 0.29) is 5.97 Å². The molecule has 0 aliphatic heterocycles. The number of esters is 1. The van der Waals surface area contributed by atoms with Crippen LogP contribution in [0, 0.1) is 19.8 Å². The molecule has 0 saturated carbocycles. The van der Waals surface area contributed by atoms with Gasteiger partial charge in [0.2, 0.25) is 0 Å². The summed E-state index contributed by atoms with van der Waals surface area (Å²) in [6, 6.07) is 5.77. The first-order valence-electron chi connectivity index (χ1n) is 5.75. The Morgan fingerprint density at radius 3 is 2.56 bits per heavy atom. The van der Waals surface area contributed by atoms with Crippen LogP contribution in [0.2, 0.25) is 0 Å². The van der Waals surface area contributed by atoms with E-state index in [2.05, 4.69) is 13.8 Å². The van der Waals surface area contributed by atoms with E-state index in [1.165, 1.54) is 0 Å². The molecule has 1 aromatic carbocycles. The van der Waals surface area contributed by atoms with E-state index >= 15 is 0 Å². The standard InChI is InChI=1S/C14H20O2/c1-10(2)7-8-16-14(15)13-6-5-11(3)9-12(13)4/h5-6,9-10H,7-8H2,1-4H3. The molecule has 0 bridgehead atoms. The zero-order valence-electron chi connectivity index (χ0n) is 10.5. The maximum absolute atomic E-state index is 11.7. The Labute approximate surface area is 97.6 Å². The fraction of sp³-hybridized carbons (Fsp3) is 0.500. The predicted molar refractivity (Wildman–Crippen MR) is 65.7 cm³/mol. The van der Waals surface area contributed by atoms with Crippen molar-refractivity contribution in [1.82, 2.24) is 0 Å². The molecular weight excluding hydrogens is 200 g/mol. The summed E-state index contributed by atoms with van der Waals surface area (Å²) < 4.78 is 5.22. The minimum Gasteiger partial charge on any atom is -0.462 e. The molecule has 0 N–H and O–H groups in total. The highest BCUT2D eigenvalue weighted by Gasteiger charge is 2.10. The van der Waals surface area contributed by atoms with Crippen molar-refractivity contribution in [3.8, 4) is 0 Å². The van der Waals surface area contributed by atoms with Crippen LogP contribution < -0.4 is 0 Å². The van der Waals surface area contributed by atoms with Crippen molar-refractivity contribution in [2.24, 2.45) is 5.92 Å². The van der Waals surface area contributed by atoms with Gasteiger partial charge in [-0.2, -0.15) is 0 Å². The van der Waals surface area contributed by atoms with Gasteiger partial charge in [-0.1, -0.05) is 31.5 Å². The van der Waals surface area contributed by atoms with E-state index in [0.29, 0.717) is 18.1 Å². The van der Waals surface area contributed by atoms with Crippen LogP contribution in [0.4, 0.5) is 0 Å². The highest BCUT2D eigenvalue weighted by molar-refractivity contribution is 5.91. The van der Waals surface area contributed by atoms with E-state index in [9.17, 15) is 4.79 Å². The second kappa shape index (κ2) is 5.69. The Balaban J connectivity index is 2.59. The number of carbonyl (C=O) groups is 1. The summed E-state index contributed by atoms with van der Waals surface area (Å²) in [5.74, 6) is 0.352. The summed E-state index contributed by atoms with van der Waals surface area (Å²) in [6.07, 6.45) is 0.913. The van der Waals surface area contributed by atoms with Crippen molar-refractivity contribution in [1.29, 1.82) is 0 Å². The molecule has 0 unspecified atom stereocenters. The molecule has 0 spiro atoms. The molecule has 0 heterocycles. The average molecular weight is 220 g/mol. The average Bonchev–Trinajstić information content (AvgIpc) is 2.16. The summed E-state index contributed by atoms with van der Waals surface area (Å²) in [6.45, 7) is 8.69. The third kappa shape index (κ3) is 3.69. The number of benzene rings is 1.